The molecule has 0 aliphatic carbocycles. The predicted octanol–water partition coefficient (Wildman–Crippen LogP) is 8.50. The summed E-state index contributed by atoms with van der Waals surface area (Å²) in [4.78, 5) is 43.1. The molecule has 2 amide bonds. The molecule has 1 heterocycles. The van der Waals surface area contributed by atoms with Crippen molar-refractivity contribution in [2.24, 2.45) is 5.92 Å². The van der Waals surface area contributed by atoms with Crippen molar-refractivity contribution in [3.8, 4) is 5.75 Å². The average molecular weight is 686 g/mol. The zero-order valence-electron chi connectivity index (χ0n) is 31.2. The van der Waals surface area contributed by atoms with Gasteiger partial charge in [0, 0.05) is 31.1 Å². The predicted molar refractivity (Wildman–Crippen MR) is 190 cm³/mol. The number of nitrogens with zero attached hydrogens (tertiary/aromatic N) is 2. The minimum absolute atomic E-state index is 0.0219. The first-order valence-corrected chi connectivity index (χ1v) is 17.2. The third-order valence-corrected chi connectivity index (χ3v) is 7.75. The molecule has 272 valence electrons. The van der Waals surface area contributed by atoms with E-state index in [1.165, 1.54) is 4.90 Å². The van der Waals surface area contributed by atoms with Gasteiger partial charge in [0.05, 0.1) is 11.7 Å². The quantitative estimate of drug-likeness (QED) is 0.175. The maximum absolute atomic E-state index is 16.8. The van der Waals surface area contributed by atoms with Gasteiger partial charge in [0.25, 0.3) is 0 Å². The minimum Gasteiger partial charge on any atom is -0.487 e. The SMILES string of the molecule is CCC(CC)CN(C[C@H]1Cc2c(cc(OCc3ccccc3)c(NCC(=O)OC(C)(C)C)c2F)N1C(=O)OC(C)(C)C)C(=O)OC(C)(C)C. The molecule has 0 bridgehead atoms. The fourth-order valence-electron chi connectivity index (χ4n) is 5.51. The van der Waals surface area contributed by atoms with Crippen LogP contribution in [0.5, 0.6) is 5.75 Å². The van der Waals surface area contributed by atoms with Gasteiger partial charge in [-0.05, 0) is 73.8 Å². The second-order valence-corrected chi connectivity index (χ2v) is 15.6. The Morgan fingerprint density at radius 2 is 1.51 bits per heavy atom. The Kier molecular flexibility index (Phi) is 13.0. The highest BCUT2D eigenvalue weighted by Gasteiger charge is 2.42. The van der Waals surface area contributed by atoms with Gasteiger partial charge in [-0.3, -0.25) is 9.69 Å². The van der Waals surface area contributed by atoms with E-state index >= 15 is 4.39 Å². The smallest absolute Gasteiger partial charge is 0.415 e. The van der Waals surface area contributed by atoms with Crippen molar-refractivity contribution >= 4 is 29.5 Å². The standard InChI is InChI=1S/C38H56FN3O7/c1-12-25(13-2)22-41(34(44)48-37(6,7)8)23-27-19-28-29(42(27)35(45)49-38(9,10)11)20-30(46-24-26-17-15-14-16-18-26)33(32(28)39)40-21-31(43)47-36(3,4)5/h14-18,20,25,27,40H,12-13,19,21-24H2,1-11H3/t27-/m1/s1. The molecule has 1 aliphatic heterocycles. The molecule has 0 saturated carbocycles. The zero-order chi connectivity index (χ0) is 36.7. The van der Waals surface area contributed by atoms with Gasteiger partial charge in [0.2, 0.25) is 0 Å². The second kappa shape index (κ2) is 16.1. The number of halogens is 1. The third-order valence-electron chi connectivity index (χ3n) is 7.75. The number of benzene rings is 2. The van der Waals surface area contributed by atoms with Crippen LogP contribution in [-0.2, 0) is 32.0 Å². The number of carbonyl (C=O) groups is 3. The van der Waals surface area contributed by atoms with E-state index in [-0.39, 0.29) is 54.7 Å². The van der Waals surface area contributed by atoms with Crippen LogP contribution in [0.2, 0.25) is 0 Å². The lowest BCUT2D eigenvalue weighted by Gasteiger charge is -2.35. The molecule has 11 heteroatoms. The molecule has 2 aromatic rings. The normalized spacial score (nSPS) is 14.7. The Labute approximate surface area is 291 Å². The van der Waals surface area contributed by atoms with Crippen LogP contribution in [0.15, 0.2) is 36.4 Å². The lowest BCUT2D eigenvalue weighted by atomic mass is 10.0. The van der Waals surface area contributed by atoms with Crippen molar-refractivity contribution in [3.63, 3.8) is 0 Å². The maximum atomic E-state index is 16.8. The minimum atomic E-state index is -0.842. The summed E-state index contributed by atoms with van der Waals surface area (Å²) in [5, 5.41) is 2.90. The summed E-state index contributed by atoms with van der Waals surface area (Å²) in [5.74, 6) is -0.920. The summed E-state index contributed by atoms with van der Waals surface area (Å²) in [7, 11) is 0. The van der Waals surface area contributed by atoms with Crippen LogP contribution in [0.1, 0.15) is 100 Å². The Hall–Kier alpha value is -4.02. The van der Waals surface area contributed by atoms with Crippen LogP contribution in [0.4, 0.5) is 25.4 Å². The molecular weight excluding hydrogens is 629 g/mol. The van der Waals surface area contributed by atoms with Gasteiger partial charge in [-0.1, -0.05) is 57.0 Å². The van der Waals surface area contributed by atoms with Gasteiger partial charge in [0.15, 0.2) is 5.82 Å². The topological polar surface area (TPSA) is 107 Å². The molecule has 0 unspecified atom stereocenters. The number of esters is 1. The van der Waals surface area contributed by atoms with Gasteiger partial charge in [-0.2, -0.15) is 0 Å². The maximum Gasteiger partial charge on any atom is 0.415 e. The molecule has 49 heavy (non-hydrogen) atoms. The van der Waals surface area contributed by atoms with Crippen LogP contribution in [0.3, 0.4) is 0 Å². The third kappa shape index (κ3) is 11.8. The molecule has 0 fully saturated rings. The molecule has 2 aromatic carbocycles. The first-order chi connectivity index (χ1) is 22.7. The van der Waals surface area contributed by atoms with Gasteiger partial charge in [-0.15, -0.1) is 0 Å². The van der Waals surface area contributed by atoms with Crippen LogP contribution < -0.4 is 15.0 Å². The van der Waals surface area contributed by atoms with E-state index < -0.39 is 46.8 Å². The number of rotatable bonds is 12. The highest BCUT2D eigenvalue weighted by atomic mass is 19.1. The summed E-state index contributed by atoms with van der Waals surface area (Å²) in [6.07, 6.45) is 0.597. The fraction of sp³-hybridized carbons (Fsp3) is 0.605. The van der Waals surface area contributed by atoms with Gasteiger partial charge in [0.1, 0.15) is 41.4 Å². The molecule has 1 N–H and O–H groups in total. The van der Waals surface area contributed by atoms with E-state index in [0.717, 1.165) is 18.4 Å². The summed E-state index contributed by atoms with van der Waals surface area (Å²) < 4.78 is 40.0. The van der Waals surface area contributed by atoms with E-state index in [9.17, 15) is 14.4 Å². The number of ether oxygens (including phenoxy) is 4. The molecule has 0 radical (unpaired) electrons. The number of hydrogen-bond acceptors (Lipinski definition) is 8. The first-order valence-electron chi connectivity index (χ1n) is 17.2. The van der Waals surface area contributed by atoms with Crippen LogP contribution in [-0.4, -0.2) is 65.5 Å². The number of nitrogens with one attached hydrogen (secondary N) is 1. The highest BCUT2D eigenvalue weighted by molar-refractivity contribution is 5.93. The van der Waals surface area contributed by atoms with Crippen LogP contribution in [0.25, 0.3) is 0 Å². The molecule has 10 nitrogen and oxygen atoms in total. The summed E-state index contributed by atoms with van der Waals surface area (Å²) in [6.45, 7) is 20.4. The molecule has 1 atom stereocenters. The van der Waals surface area contributed by atoms with E-state index in [2.05, 4.69) is 19.2 Å². The summed E-state index contributed by atoms with van der Waals surface area (Å²) in [6, 6.07) is 10.3. The van der Waals surface area contributed by atoms with Crippen LogP contribution >= 0.6 is 0 Å². The van der Waals surface area contributed by atoms with Crippen molar-refractivity contribution in [2.45, 2.75) is 125 Å². The Morgan fingerprint density at radius 3 is 2.06 bits per heavy atom. The van der Waals surface area contributed by atoms with E-state index in [4.69, 9.17) is 18.9 Å². The van der Waals surface area contributed by atoms with E-state index in [1.807, 2.05) is 30.3 Å². The van der Waals surface area contributed by atoms with Crippen molar-refractivity contribution in [2.75, 3.05) is 29.9 Å². The average Bonchev–Trinajstić information content (AvgIpc) is 3.34. The van der Waals surface area contributed by atoms with Crippen LogP contribution in [0, 0.1) is 11.7 Å². The Balaban J connectivity index is 2.10. The number of fused-ring (bicyclic) bond motifs is 1. The Bertz CT molecular complexity index is 1440. The number of carbonyl (C=O) groups excluding carboxylic acids is 3. The van der Waals surface area contributed by atoms with E-state index in [1.54, 1.807) is 73.3 Å². The summed E-state index contributed by atoms with van der Waals surface area (Å²) in [5.41, 5.74) is -0.971. The fourth-order valence-corrected chi connectivity index (χ4v) is 5.51. The number of amides is 2. The van der Waals surface area contributed by atoms with Gasteiger partial charge in [-0.25, -0.2) is 14.0 Å². The van der Waals surface area contributed by atoms with Crippen molar-refractivity contribution < 1.29 is 37.7 Å². The highest BCUT2D eigenvalue weighted by Crippen LogP contribution is 2.44. The summed E-state index contributed by atoms with van der Waals surface area (Å²) >= 11 is 0. The van der Waals surface area contributed by atoms with Crippen molar-refractivity contribution in [1.82, 2.24) is 4.90 Å². The number of hydrogen-bond donors (Lipinski definition) is 1. The largest absolute Gasteiger partial charge is 0.487 e. The Morgan fingerprint density at radius 1 is 0.918 bits per heavy atom. The van der Waals surface area contributed by atoms with E-state index in [0.29, 0.717) is 6.54 Å². The van der Waals surface area contributed by atoms with Crippen molar-refractivity contribution in [1.29, 1.82) is 0 Å². The number of anilines is 2. The zero-order valence-corrected chi connectivity index (χ0v) is 31.2. The molecule has 3 rings (SSSR count). The molecular formula is C38H56FN3O7. The molecule has 0 aromatic heterocycles. The first kappa shape index (κ1) is 39.4. The molecule has 1 aliphatic rings. The van der Waals surface area contributed by atoms with Gasteiger partial charge >= 0.3 is 18.2 Å². The van der Waals surface area contributed by atoms with Crippen molar-refractivity contribution in [3.05, 3.63) is 53.3 Å². The van der Waals surface area contributed by atoms with Gasteiger partial charge < -0.3 is 29.2 Å². The lowest BCUT2D eigenvalue weighted by molar-refractivity contribution is -0.152. The molecule has 0 saturated heterocycles. The molecule has 0 spiro atoms. The monoisotopic (exact) mass is 685 g/mol. The second-order valence-electron chi connectivity index (χ2n) is 15.6. The lowest BCUT2D eigenvalue weighted by Crippen LogP contribution is -2.50.